The van der Waals surface area contributed by atoms with Crippen LogP contribution >= 0.6 is 0 Å². The van der Waals surface area contributed by atoms with Gasteiger partial charge in [-0.15, -0.1) is 0 Å². The van der Waals surface area contributed by atoms with E-state index in [0.29, 0.717) is 19.3 Å². The van der Waals surface area contributed by atoms with E-state index in [1.807, 2.05) is 0 Å². The molecule has 0 radical (unpaired) electrons. The SMILES string of the molecule is CC/C=C\C/C=C\C/C=C\C/C=C\C/C=C\C/C=C\CCCCCCC(=O)OCC(COC(=O)CCCCCCC/C=C\CCC)OC(=O)CCCCCCC/C=C\CCCCCCCC. The molecule has 6 nitrogen and oxygen atoms in total. The van der Waals surface area contributed by atoms with Crippen molar-refractivity contribution >= 4 is 17.9 Å². The molecule has 0 aromatic rings. The molecule has 0 heterocycles. The average Bonchev–Trinajstić information content (AvgIpc) is 3.31. The minimum absolute atomic E-state index is 0.0943. The molecule has 1 unspecified atom stereocenters. The Bertz CT molecular complexity index is 1330. The topological polar surface area (TPSA) is 78.9 Å². The number of allylic oxidation sites excluding steroid dienone is 16. The number of carbonyl (C=O) groups excluding carboxylic acids is 3. The van der Waals surface area contributed by atoms with Crippen molar-refractivity contribution in [2.75, 3.05) is 13.2 Å². The van der Waals surface area contributed by atoms with Crippen molar-refractivity contribution < 1.29 is 28.6 Å². The molecule has 0 spiro atoms. The second kappa shape index (κ2) is 53.9. The third-order valence-electron chi connectivity index (χ3n) is 11.3. The Kier molecular flexibility index (Phi) is 50.9. The molecule has 0 amide bonds. The molecule has 0 aliphatic heterocycles. The maximum absolute atomic E-state index is 12.8. The van der Waals surface area contributed by atoms with Gasteiger partial charge < -0.3 is 14.2 Å². The van der Waals surface area contributed by atoms with Crippen molar-refractivity contribution in [3.63, 3.8) is 0 Å². The standard InChI is InChI=1S/C60H100O6/c1-4-7-10-13-16-19-22-24-26-27-28-29-30-31-32-33-35-36-38-41-44-47-50-53-59(62)65-56-57(55-64-58(61)52-49-46-43-40-21-18-15-12-9-6-3)66-60(63)54-51-48-45-42-39-37-34-25-23-20-17-14-11-8-5-2/h7,10,12,15-16,19,24-26,28-29,31-32,34-36,57H,4-6,8-9,11,13-14,17-18,20-23,27,30,33,37-56H2,1-3H3/b10-7-,15-12-,19-16-,26-24-,29-28-,32-31-,34-25-,36-35-. The molecular formula is C60H100O6. The van der Waals surface area contributed by atoms with Crippen LogP contribution in [0.5, 0.6) is 0 Å². The van der Waals surface area contributed by atoms with Crippen LogP contribution < -0.4 is 0 Å². The van der Waals surface area contributed by atoms with Crippen LogP contribution in [0.4, 0.5) is 0 Å². The molecule has 6 heteroatoms. The first kappa shape index (κ1) is 62.3. The predicted octanol–water partition coefficient (Wildman–Crippen LogP) is 18.1. The van der Waals surface area contributed by atoms with Crippen LogP contribution in [0.15, 0.2) is 97.2 Å². The van der Waals surface area contributed by atoms with Gasteiger partial charge in [0, 0.05) is 19.3 Å². The molecule has 0 fully saturated rings. The lowest BCUT2D eigenvalue weighted by atomic mass is 10.1. The number of hydrogen-bond donors (Lipinski definition) is 0. The summed E-state index contributed by atoms with van der Waals surface area (Å²) < 4.78 is 16.8. The summed E-state index contributed by atoms with van der Waals surface area (Å²) >= 11 is 0. The summed E-state index contributed by atoms with van der Waals surface area (Å²) in [6, 6.07) is 0. The number of carbonyl (C=O) groups is 3. The van der Waals surface area contributed by atoms with E-state index in [4.69, 9.17) is 14.2 Å². The van der Waals surface area contributed by atoms with E-state index in [1.54, 1.807) is 0 Å². The maximum Gasteiger partial charge on any atom is 0.306 e. The van der Waals surface area contributed by atoms with Crippen molar-refractivity contribution in [3.05, 3.63) is 97.2 Å². The van der Waals surface area contributed by atoms with Gasteiger partial charge in [0.25, 0.3) is 0 Å². The van der Waals surface area contributed by atoms with Crippen molar-refractivity contribution in [2.45, 2.75) is 252 Å². The number of rotatable bonds is 48. The van der Waals surface area contributed by atoms with Crippen LogP contribution in [0.1, 0.15) is 245 Å². The lowest BCUT2D eigenvalue weighted by Gasteiger charge is -2.18. The molecule has 0 aliphatic rings. The molecule has 0 N–H and O–H groups in total. The summed E-state index contributed by atoms with van der Waals surface area (Å²) in [5.74, 6) is -0.940. The van der Waals surface area contributed by atoms with E-state index in [0.717, 1.165) is 141 Å². The molecule has 0 rings (SSSR count). The lowest BCUT2D eigenvalue weighted by Crippen LogP contribution is -2.30. The van der Waals surface area contributed by atoms with Gasteiger partial charge in [0.1, 0.15) is 13.2 Å². The predicted molar refractivity (Wildman–Crippen MR) is 284 cm³/mol. The van der Waals surface area contributed by atoms with Crippen LogP contribution in [-0.2, 0) is 28.6 Å². The fraction of sp³-hybridized carbons (Fsp3) is 0.683. The van der Waals surface area contributed by atoms with Gasteiger partial charge in [0.2, 0.25) is 0 Å². The first-order chi connectivity index (χ1) is 32.5. The highest BCUT2D eigenvalue weighted by Gasteiger charge is 2.19. The van der Waals surface area contributed by atoms with E-state index < -0.39 is 6.10 Å². The molecule has 0 saturated carbocycles. The molecule has 1 atom stereocenters. The fourth-order valence-electron chi connectivity index (χ4n) is 7.21. The summed E-state index contributed by atoms with van der Waals surface area (Å²) in [6.07, 6.45) is 71.1. The largest absolute Gasteiger partial charge is 0.462 e. The molecule has 0 aliphatic carbocycles. The van der Waals surface area contributed by atoms with Crippen LogP contribution in [0.3, 0.4) is 0 Å². The molecule has 0 bridgehead atoms. The van der Waals surface area contributed by atoms with Gasteiger partial charge in [-0.25, -0.2) is 0 Å². The summed E-state index contributed by atoms with van der Waals surface area (Å²) in [4.78, 5) is 38.0. The van der Waals surface area contributed by atoms with Gasteiger partial charge in [-0.05, 0) is 116 Å². The minimum atomic E-state index is -0.796. The van der Waals surface area contributed by atoms with E-state index in [-0.39, 0.29) is 31.1 Å². The zero-order valence-electron chi connectivity index (χ0n) is 42.9. The quantitative estimate of drug-likeness (QED) is 0.0262. The second-order valence-corrected chi connectivity index (χ2v) is 17.7. The van der Waals surface area contributed by atoms with Crippen molar-refractivity contribution in [1.82, 2.24) is 0 Å². The monoisotopic (exact) mass is 917 g/mol. The van der Waals surface area contributed by atoms with Crippen LogP contribution in [0.25, 0.3) is 0 Å². The summed E-state index contributed by atoms with van der Waals surface area (Å²) in [5.41, 5.74) is 0. The van der Waals surface area contributed by atoms with Gasteiger partial charge in [-0.3, -0.25) is 14.4 Å². The lowest BCUT2D eigenvalue weighted by molar-refractivity contribution is -0.167. The molecule has 376 valence electrons. The van der Waals surface area contributed by atoms with Crippen molar-refractivity contribution in [2.24, 2.45) is 0 Å². The Morgan fingerprint density at radius 2 is 0.621 bits per heavy atom. The number of unbranched alkanes of at least 4 members (excludes halogenated alkanes) is 21. The molecular weight excluding hydrogens is 817 g/mol. The Hall–Kier alpha value is -3.67. The first-order valence-electron chi connectivity index (χ1n) is 27.2. The molecule has 0 saturated heterocycles. The highest BCUT2D eigenvalue weighted by Crippen LogP contribution is 2.13. The van der Waals surface area contributed by atoms with E-state index in [9.17, 15) is 14.4 Å². The number of hydrogen-bond acceptors (Lipinski definition) is 6. The summed E-state index contributed by atoms with van der Waals surface area (Å²) in [6.45, 7) is 6.42. The van der Waals surface area contributed by atoms with Gasteiger partial charge >= 0.3 is 17.9 Å². The Balaban J connectivity index is 4.39. The average molecular weight is 917 g/mol. The first-order valence-corrected chi connectivity index (χ1v) is 27.2. The molecule has 66 heavy (non-hydrogen) atoms. The third-order valence-corrected chi connectivity index (χ3v) is 11.3. The zero-order chi connectivity index (χ0) is 47.9. The van der Waals surface area contributed by atoms with Crippen LogP contribution in [0, 0.1) is 0 Å². The van der Waals surface area contributed by atoms with Crippen LogP contribution in [0.2, 0.25) is 0 Å². The summed E-state index contributed by atoms with van der Waals surface area (Å²) in [7, 11) is 0. The number of esters is 3. The molecule has 0 aromatic carbocycles. The molecule has 0 aromatic heterocycles. The fourth-order valence-corrected chi connectivity index (χ4v) is 7.21. The number of ether oxygens (including phenoxy) is 3. The van der Waals surface area contributed by atoms with E-state index >= 15 is 0 Å². The van der Waals surface area contributed by atoms with Gasteiger partial charge in [0.15, 0.2) is 6.10 Å². The second-order valence-electron chi connectivity index (χ2n) is 17.7. The Morgan fingerprint density at radius 1 is 0.318 bits per heavy atom. The Labute approximate surface area is 407 Å². The van der Waals surface area contributed by atoms with E-state index in [2.05, 4.69) is 118 Å². The smallest absolute Gasteiger partial charge is 0.306 e. The highest BCUT2D eigenvalue weighted by atomic mass is 16.6. The minimum Gasteiger partial charge on any atom is -0.462 e. The zero-order valence-corrected chi connectivity index (χ0v) is 42.9. The summed E-state index contributed by atoms with van der Waals surface area (Å²) in [5, 5.41) is 0. The Morgan fingerprint density at radius 3 is 1.00 bits per heavy atom. The van der Waals surface area contributed by atoms with Crippen LogP contribution in [-0.4, -0.2) is 37.2 Å². The van der Waals surface area contributed by atoms with E-state index in [1.165, 1.54) is 64.2 Å². The van der Waals surface area contributed by atoms with Crippen molar-refractivity contribution in [3.8, 4) is 0 Å². The highest BCUT2D eigenvalue weighted by molar-refractivity contribution is 5.71. The van der Waals surface area contributed by atoms with Crippen molar-refractivity contribution in [1.29, 1.82) is 0 Å². The normalized spacial score (nSPS) is 12.8. The third kappa shape index (κ3) is 51.3. The van der Waals surface area contributed by atoms with Gasteiger partial charge in [-0.1, -0.05) is 208 Å². The van der Waals surface area contributed by atoms with Gasteiger partial charge in [0.05, 0.1) is 0 Å². The van der Waals surface area contributed by atoms with Gasteiger partial charge in [-0.2, -0.15) is 0 Å². The maximum atomic E-state index is 12.8.